The molecule has 1 amide bonds. The molecule has 3 rings (SSSR count). The Bertz CT molecular complexity index is 1020. The van der Waals surface area contributed by atoms with Gasteiger partial charge in [0, 0.05) is 39.3 Å². The third-order valence-corrected chi connectivity index (χ3v) is 5.12. The second-order valence-corrected chi connectivity index (χ2v) is 6.88. The van der Waals surface area contributed by atoms with Gasteiger partial charge in [-0.3, -0.25) is 23.5 Å². The van der Waals surface area contributed by atoms with E-state index in [-0.39, 0.29) is 35.0 Å². The van der Waals surface area contributed by atoms with Crippen molar-refractivity contribution in [2.45, 2.75) is 38.1 Å². The first kappa shape index (κ1) is 18.8. The van der Waals surface area contributed by atoms with Crippen LogP contribution in [0.25, 0.3) is 11.0 Å². The molecule has 1 fully saturated rings. The van der Waals surface area contributed by atoms with E-state index in [0.29, 0.717) is 13.0 Å². The standard InChI is InChI=1S/C18H22N4O5/c1-20-15-13(17(26)21(2)18(20)27)9-11(10-19-15)16(25)22-8-4-3-5-12(22)6-7-14(23)24/h9-10,12H,3-8H2,1-2H3,(H,23,24). The number of carbonyl (C=O) groups is 2. The minimum Gasteiger partial charge on any atom is -0.481 e. The lowest BCUT2D eigenvalue weighted by Crippen LogP contribution is -2.44. The van der Waals surface area contributed by atoms with Crippen molar-refractivity contribution in [1.82, 2.24) is 19.0 Å². The van der Waals surface area contributed by atoms with E-state index in [1.54, 1.807) is 4.90 Å². The van der Waals surface area contributed by atoms with Crippen molar-refractivity contribution in [2.24, 2.45) is 14.1 Å². The third kappa shape index (κ3) is 3.49. The molecule has 9 nitrogen and oxygen atoms in total. The molecule has 1 saturated heterocycles. The fourth-order valence-corrected chi connectivity index (χ4v) is 3.61. The maximum absolute atomic E-state index is 13.0. The number of hydrogen-bond donors (Lipinski definition) is 1. The van der Waals surface area contributed by atoms with Crippen molar-refractivity contribution in [1.29, 1.82) is 0 Å². The van der Waals surface area contributed by atoms with Gasteiger partial charge in [0.15, 0.2) is 0 Å². The number of amides is 1. The average Bonchev–Trinajstić information content (AvgIpc) is 2.68. The predicted octanol–water partition coefficient (Wildman–Crippen LogP) is 0.492. The van der Waals surface area contributed by atoms with Crippen LogP contribution in [0.2, 0.25) is 0 Å². The van der Waals surface area contributed by atoms with Crippen LogP contribution in [0.1, 0.15) is 42.5 Å². The zero-order chi connectivity index (χ0) is 19.7. The molecule has 1 atom stereocenters. The van der Waals surface area contributed by atoms with Crippen LogP contribution in [0.3, 0.4) is 0 Å². The number of hydrogen-bond acceptors (Lipinski definition) is 5. The normalized spacial score (nSPS) is 17.3. The number of aromatic nitrogens is 3. The van der Waals surface area contributed by atoms with Gasteiger partial charge in [-0.2, -0.15) is 0 Å². The molecule has 0 aliphatic carbocycles. The molecule has 0 spiro atoms. The number of rotatable bonds is 4. The highest BCUT2D eigenvalue weighted by Crippen LogP contribution is 2.23. The summed E-state index contributed by atoms with van der Waals surface area (Å²) in [7, 11) is 2.90. The quantitative estimate of drug-likeness (QED) is 0.833. The summed E-state index contributed by atoms with van der Waals surface area (Å²) in [6.45, 7) is 0.548. The topological polar surface area (TPSA) is 114 Å². The third-order valence-electron chi connectivity index (χ3n) is 5.12. The van der Waals surface area contributed by atoms with Crippen LogP contribution in [0.15, 0.2) is 21.9 Å². The molecule has 3 heterocycles. The van der Waals surface area contributed by atoms with E-state index in [9.17, 15) is 19.2 Å². The lowest BCUT2D eigenvalue weighted by atomic mass is 9.97. The molecule has 1 aliphatic rings. The Morgan fingerprint density at radius 2 is 1.96 bits per heavy atom. The van der Waals surface area contributed by atoms with Crippen molar-refractivity contribution in [3.05, 3.63) is 38.7 Å². The second-order valence-electron chi connectivity index (χ2n) is 6.88. The molecule has 2 aromatic heterocycles. The highest BCUT2D eigenvalue weighted by molar-refractivity contribution is 5.97. The molecule has 1 unspecified atom stereocenters. The summed E-state index contributed by atoms with van der Waals surface area (Å²) < 4.78 is 2.25. The van der Waals surface area contributed by atoms with Gasteiger partial charge in [0.2, 0.25) is 0 Å². The Hall–Kier alpha value is -2.97. The Kier molecular flexibility index (Phi) is 5.11. The van der Waals surface area contributed by atoms with E-state index in [2.05, 4.69) is 4.98 Å². The lowest BCUT2D eigenvalue weighted by Gasteiger charge is -2.35. The summed E-state index contributed by atoms with van der Waals surface area (Å²) in [6.07, 6.45) is 4.34. The van der Waals surface area contributed by atoms with Crippen LogP contribution in [-0.4, -0.2) is 48.6 Å². The smallest absolute Gasteiger partial charge is 0.332 e. The summed E-state index contributed by atoms with van der Waals surface area (Å²) in [4.78, 5) is 54.2. The molecule has 0 saturated carbocycles. The Labute approximate surface area is 154 Å². The number of pyridine rings is 1. The van der Waals surface area contributed by atoms with E-state index in [1.807, 2.05) is 0 Å². The van der Waals surface area contributed by atoms with Crippen LogP contribution in [0, 0.1) is 0 Å². The van der Waals surface area contributed by atoms with Crippen LogP contribution in [0.5, 0.6) is 0 Å². The van der Waals surface area contributed by atoms with Gasteiger partial charge in [-0.25, -0.2) is 9.78 Å². The molecule has 1 N–H and O–H groups in total. The summed E-state index contributed by atoms with van der Waals surface area (Å²) in [6, 6.07) is 1.33. The SMILES string of the molecule is Cn1c(=O)c2cc(C(=O)N3CCCCC3CCC(=O)O)cnc2n(C)c1=O. The maximum Gasteiger partial charge on any atom is 0.332 e. The molecule has 0 bridgehead atoms. The molecule has 9 heteroatoms. The van der Waals surface area contributed by atoms with E-state index in [1.165, 1.54) is 30.9 Å². The fourth-order valence-electron chi connectivity index (χ4n) is 3.61. The van der Waals surface area contributed by atoms with Gasteiger partial charge in [-0.1, -0.05) is 0 Å². The average molecular weight is 374 g/mol. The van der Waals surface area contributed by atoms with E-state index in [4.69, 9.17) is 5.11 Å². The number of likely N-dealkylation sites (tertiary alicyclic amines) is 1. The van der Waals surface area contributed by atoms with Crippen molar-refractivity contribution in [2.75, 3.05) is 6.54 Å². The lowest BCUT2D eigenvalue weighted by molar-refractivity contribution is -0.137. The van der Waals surface area contributed by atoms with Crippen molar-refractivity contribution >= 4 is 22.9 Å². The fraction of sp³-hybridized carbons (Fsp3) is 0.500. The number of carbonyl (C=O) groups excluding carboxylic acids is 1. The Morgan fingerprint density at radius 3 is 2.67 bits per heavy atom. The first-order valence-corrected chi connectivity index (χ1v) is 8.89. The minimum atomic E-state index is -0.884. The molecule has 0 aromatic carbocycles. The first-order chi connectivity index (χ1) is 12.8. The van der Waals surface area contributed by atoms with Gasteiger partial charge in [0.05, 0.1) is 10.9 Å². The highest BCUT2D eigenvalue weighted by Gasteiger charge is 2.28. The first-order valence-electron chi connectivity index (χ1n) is 8.89. The van der Waals surface area contributed by atoms with Crippen molar-refractivity contribution < 1.29 is 14.7 Å². The van der Waals surface area contributed by atoms with Gasteiger partial charge in [-0.05, 0) is 31.7 Å². The van der Waals surface area contributed by atoms with Gasteiger partial charge >= 0.3 is 11.7 Å². The molecule has 27 heavy (non-hydrogen) atoms. The Balaban J connectivity index is 1.98. The minimum absolute atomic E-state index is 0.00702. The zero-order valence-corrected chi connectivity index (χ0v) is 15.3. The maximum atomic E-state index is 13.0. The van der Waals surface area contributed by atoms with Crippen LogP contribution >= 0.6 is 0 Å². The summed E-state index contributed by atoms with van der Waals surface area (Å²) in [5.41, 5.74) is -0.499. The second kappa shape index (κ2) is 7.34. The molecule has 144 valence electrons. The van der Waals surface area contributed by atoms with Gasteiger partial charge in [-0.15, -0.1) is 0 Å². The van der Waals surface area contributed by atoms with Crippen molar-refractivity contribution in [3.8, 4) is 0 Å². The molecular weight excluding hydrogens is 352 g/mol. The van der Waals surface area contributed by atoms with E-state index in [0.717, 1.165) is 23.8 Å². The zero-order valence-electron chi connectivity index (χ0n) is 15.3. The van der Waals surface area contributed by atoms with Gasteiger partial charge in [0.25, 0.3) is 11.5 Å². The predicted molar refractivity (Wildman–Crippen MR) is 97.8 cm³/mol. The van der Waals surface area contributed by atoms with Gasteiger partial charge < -0.3 is 10.0 Å². The monoisotopic (exact) mass is 374 g/mol. The van der Waals surface area contributed by atoms with Crippen LogP contribution < -0.4 is 11.2 Å². The number of piperidine rings is 1. The number of nitrogens with zero attached hydrogens (tertiary/aromatic N) is 4. The number of carboxylic acids is 1. The molecule has 0 radical (unpaired) electrons. The molecule has 1 aliphatic heterocycles. The number of aryl methyl sites for hydroxylation is 1. The Morgan fingerprint density at radius 1 is 1.22 bits per heavy atom. The number of fused-ring (bicyclic) bond motifs is 1. The largest absolute Gasteiger partial charge is 0.481 e. The molecular formula is C18H22N4O5. The highest BCUT2D eigenvalue weighted by atomic mass is 16.4. The number of aliphatic carboxylic acids is 1. The summed E-state index contributed by atoms with van der Waals surface area (Å²) in [5.74, 6) is -1.15. The number of carboxylic acid groups (broad SMARTS) is 1. The molecule has 2 aromatic rings. The van der Waals surface area contributed by atoms with Gasteiger partial charge in [0.1, 0.15) is 5.65 Å². The van der Waals surface area contributed by atoms with Crippen LogP contribution in [-0.2, 0) is 18.9 Å². The van der Waals surface area contributed by atoms with E-state index >= 15 is 0 Å². The summed E-state index contributed by atoms with van der Waals surface area (Å²) >= 11 is 0. The summed E-state index contributed by atoms with van der Waals surface area (Å²) in [5, 5.41) is 9.13. The van der Waals surface area contributed by atoms with Crippen LogP contribution in [0.4, 0.5) is 0 Å². The van der Waals surface area contributed by atoms with E-state index < -0.39 is 17.2 Å². The van der Waals surface area contributed by atoms with Crippen molar-refractivity contribution in [3.63, 3.8) is 0 Å².